The molecule has 0 radical (unpaired) electrons. The van der Waals surface area contributed by atoms with Crippen LogP contribution in [0.2, 0.25) is 10.0 Å². The average molecular weight is 321 g/mol. The summed E-state index contributed by atoms with van der Waals surface area (Å²) in [6, 6.07) is 1.76. The van der Waals surface area contributed by atoms with Crippen LogP contribution in [0, 0.1) is 10.1 Å². The molecule has 1 aromatic carbocycles. The number of nitrogens with one attached hydrogen (secondary N) is 1. The second-order valence-electron chi connectivity index (χ2n) is 3.46. The Labute approximate surface area is 114 Å². The zero-order valence-electron chi connectivity index (χ0n) is 8.97. The third-order valence-corrected chi connectivity index (χ3v) is 2.79. The number of hydrogen-bond donors (Lipinski definition) is 1. The van der Waals surface area contributed by atoms with Crippen LogP contribution in [0.3, 0.4) is 0 Å². The van der Waals surface area contributed by atoms with Crippen molar-refractivity contribution in [2.75, 3.05) is 11.9 Å². The lowest BCUT2D eigenvalue weighted by atomic mass is 10.2. The Bertz CT molecular complexity index is 499. The van der Waals surface area contributed by atoms with Gasteiger partial charge in [0.2, 0.25) is 0 Å². The molecule has 19 heavy (non-hydrogen) atoms. The van der Waals surface area contributed by atoms with E-state index in [1.807, 2.05) is 5.32 Å². The summed E-state index contributed by atoms with van der Waals surface area (Å²) < 4.78 is 49.3. The van der Waals surface area contributed by atoms with Crippen LogP contribution in [0.25, 0.3) is 0 Å². The van der Waals surface area contributed by atoms with Crippen LogP contribution in [0.5, 0.6) is 0 Å². The molecule has 10 heteroatoms. The molecule has 0 fully saturated rings. The zero-order chi connectivity index (χ0) is 14.8. The number of nitro groups is 1. The predicted octanol–water partition coefficient (Wildman–Crippen LogP) is 4.21. The van der Waals surface area contributed by atoms with E-state index >= 15 is 0 Å². The van der Waals surface area contributed by atoms with Crippen LogP contribution in [0.4, 0.5) is 28.9 Å². The molecule has 1 N–H and O–H groups in total. The number of benzene rings is 1. The van der Waals surface area contributed by atoms with Crippen molar-refractivity contribution >= 4 is 34.6 Å². The van der Waals surface area contributed by atoms with Gasteiger partial charge in [-0.1, -0.05) is 23.2 Å². The number of anilines is 1. The number of rotatable bonds is 5. The van der Waals surface area contributed by atoms with E-state index in [4.69, 9.17) is 23.2 Å². The zero-order valence-corrected chi connectivity index (χ0v) is 10.5. The maximum atomic E-state index is 12.7. The molecule has 0 bridgehead atoms. The summed E-state index contributed by atoms with van der Waals surface area (Å²) in [6.45, 7) is -1.47. The van der Waals surface area contributed by atoms with E-state index in [2.05, 4.69) is 0 Å². The Hall–Kier alpha value is -1.28. The van der Waals surface area contributed by atoms with Crippen LogP contribution in [-0.2, 0) is 0 Å². The first-order valence-electron chi connectivity index (χ1n) is 4.68. The molecule has 0 saturated carbocycles. The SMILES string of the molecule is O=[N+]([O-])c1cc(Cl)c(Cl)cc1NCC(F)(F)C(F)F. The van der Waals surface area contributed by atoms with Crippen LogP contribution in [-0.4, -0.2) is 23.8 Å². The van der Waals surface area contributed by atoms with Crippen molar-refractivity contribution in [2.45, 2.75) is 12.3 Å². The fourth-order valence-electron chi connectivity index (χ4n) is 1.12. The Morgan fingerprint density at radius 3 is 2.32 bits per heavy atom. The summed E-state index contributed by atoms with van der Waals surface area (Å²) in [5, 5.41) is 12.3. The highest BCUT2D eigenvalue weighted by Crippen LogP contribution is 2.34. The average Bonchev–Trinajstić information content (AvgIpc) is 2.29. The smallest absolute Gasteiger partial charge is 0.324 e. The first kappa shape index (κ1) is 15.8. The van der Waals surface area contributed by atoms with Gasteiger partial charge in [-0.2, -0.15) is 8.78 Å². The fraction of sp³-hybridized carbons (Fsp3) is 0.333. The quantitative estimate of drug-likeness (QED) is 0.502. The lowest BCUT2D eigenvalue weighted by Crippen LogP contribution is -2.34. The second kappa shape index (κ2) is 5.79. The molecule has 0 saturated heterocycles. The normalized spacial score (nSPS) is 11.7. The molecule has 4 nitrogen and oxygen atoms in total. The molecule has 0 aliphatic heterocycles. The number of hydrogen-bond acceptors (Lipinski definition) is 3. The highest BCUT2D eigenvalue weighted by atomic mass is 35.5. The topological polar surface area (TPSA) is 55.2 Å². The molecule has 0 aliphatic carbocycles. The van der Waals surface area contributed by atoms with Crippen molar-refractivity contribution in [3.8, 4) is 0 Å². The molecule has 0 aliphatic rings. The Kier molecular flexibility index (Phi) is 4.81. The van der Waals surface area contributed by atoms with Crippen molar-refractivity contribution in [1.29, 1.82) is 0 Å². The van der Waals surface area contributed by atoms with E-state index in [0.717, 1.165) is 12.1 Å². The molecule has 1 rings (SSSR count). The van der Waals surface area contributed by atoms with Crippen LogP contribution < -0.4 is 5.32 Å². The molecule has 0 aromatic heterocycles. The maximum absolute atomic E-state index is 12.7. The van der Waals surface area contributed by atoms with Gasteiger partial charge < -0.3 is 5.32 Å². The molecule has 0 spiro atoms. The molecule has 0 unspecified atom stereocenters. The van der Waals surface area contributed by atoms with Gasteiger partial charge in [-0.3, -0.25) is 10.1 Å². The van der Waals surface area contributed by atoms with Crippen molar-refractivity contribution < 1.29 is 22.5 Å². The second-order valence-corrected chi connectivity index (χ2v) is 4.27. The molecule has 0 atom stereocenters. The van der Waals surface area contributed by atoms with E-state index in [9.17, 15) is 27.7 Å². The summed E-state index contributed by atoms with van der Waals surface area (Å²) in [6.07, 6.45) is -3.89. The van der Waals surface area contributed by atoms with E-state index < -0.39 is 35.2 Å². The van der Waals surface area contributed by atoms with Gasteiger partial charge in [0.05, 0.1) is 21.5 Å². The molecule has 0 heterocycles. The van der Waals surface area contributed by atoms with E-state index in [0.29, 0.717) is 0 Å². The highest BCUT2D eigenvalue weighted by Gasteiger charge is 2.40. The highest BCUT2D eigenvalue weighted by molar-refractivity contribution is 6.42. The van der Waals surface area contributed by atoms with Gasteiger partial charge in [-0.05, 0) is 6.07 Å². The van der Waals surface area contributed by atoms with Gasteiger partial charge in [0.15, 0.2) is 0 Å². The maximum Gasteiger partial charge on any atom is 0.324 e. The lowest BCUT2D eigenvalue weighted by Gasteiger charge is -2.16. The monoisotopic (exact) mass is 320 g/mol. The van der Waals surface area contributed by atoms with Gasteiger partial charge in [-0.25, -0.2) is 8.78 Å². The van der Waals surface area contributed by atoms with Crippen LogP contribution >= 0.6 is 23.2 Å². The summed E-state index contributed by atoms with van der Waals surface area (Å²) in [5.41, 5.74) is -1.06. The van der Waals surface area contributed by atoms with Gasteiger partial charge in [0.1, 0.15) is 5.69 Å². The molecule has 106 valence electrons. The summed E-state index contributed by atoms with van der Waals surface area (Å²) in [5.74, 6) is -4.32. The standard InChI is InChI=1S/C9H6Cl2F4N2O2/c10-4-1-6(7(17(18)19)2-5(4)11)16-3-9(14,15)8(12)13/h1-2,8,16H,3H2. The summed E-state index contributed by atoms with van der Waals surface area (Å²) in [7, 11) is 0. The van der Waals surface area contributed by atoms with E-state index in [-0.39, 0.29) is 10.0 Å². The summed E-state index contributed by atoms with van der Waals surface area (Å²) in [4.78, 5) is 9.77. The number of nitrogens with zero attached hydrogens (tertiary/aromatic N) is 1. The third kappa shape index (κ3) is 3.84. The van der Waals surface area contributed by atoms with Crippen molar-refractivity contribution in [2.24, 2.45) is 0 Å². The van der Waals surface area contributed by atoms with Gasteiger partial charge >= 0.3 is 12.3 Å². The van der Waals surface area contributed by atoms with Crippen LogP contribution in [0.1, 0.15) is 0 Å². The number of halogens is 6. The lowest BCUT2D eigenvalue weighted by molar-refractivity contribution is -0.384. The number of nitro benzene ring substituents is 1. The van der Waals surface area contributed by atoms with Crippen molar-refractivity contribution in [1.82, 2.24) is 0 Å². The molecular formula is C9H6Cl2F4N2O2. The fourth-order valence-corrected chi connectivity index (χ4v) is 1.44. The van der Waals surface area contributed by atoms with Crippen LogP contribution in [0.15, 0.2) is 12.1 Å². The third-order valence-electron chi connectivity index (χ3n) is 2.07. The van der Waals surface area contributed by atoms with Gasteiger partial charge in [0.25, 0.3) is 5.69 Å². The van der Waals surface area contributed by atoms with Crippen molar-refractivity contribution in [3.05, 3.63) is 32.3 Å². The number of alkyl halides is 4. The van der Waals surface area contributed by atoms with E-state index in [1.165, 1.54) is 0 Å². The molecule has 1 aromatic rings. The largest absolute Gasteiger partial charge is 0.373 e. The first-order valence-corrected chi connectivity index (χ1v) is 5.44. The van der Waals surface area contributed by atoms with Gasteiger partial charge in [-0.15, -0.1) is 0 Å². The first-order chi connectivity index (χ1) is 8.65. The molecule has 0 amide bonds. The van der Waals surface area contributed by atoms with Crippen molar-refractivity contribution in [3.63, 3.8) is 0 Å². The van der Waals surface area contributed by atoms with E-state index in [1.54, 1.807) is 0 Å². The predicted molar refractivity (Wildman–Crippen MR) is 62.6 cm³/mol. The Morgan fingerprint density at radius 1 is 1.32 bits per heavy atom. The Balaban J connectivity index is 3.01. The minimum atomic E-state index is -4.32. The van der Waals surface area contributed by atoms with Gasteiger partial charge in [0, 0.05) is 6.07 Å². The minimum Gasteiger partial charge on any atom is -0.373 e. The molecular weight excluding hydrogens is 315 g/mol. The minimum absolute atomic E-state index is 0.130. The summed E-state index contributed by atoms with van der Waals surface area (Å²) >= 11 is 11.1. The Morgan fingerprint density at radius 2 is 1.84 bits per heavy atom.